The van der Waals surface area contributed by atoms with Crippen LogP contribution < -0.4 is 15.4 Å². The number of rotatable bonds is 7. The van der Waals surface area contributed by atoms with E-state index in [-0.39, 0.29) is 18.6 Å². The zero-order valence-electron chi connectivity index (χ0n) is 13.6. The van der Waals surface area contributed by atoms with E-state index in [4.69, 9.17) is 27.9 Å². The summed E-state index contributed by atoms with van der Waals surface area (Å²) in [6.45, 7) is 4.21. The van der Waals surface area contributed by atoms with Gasteiger partial charge in [0.1, 0.15) is 5.75 Å². The molecule has 0 bridgehead atoms. The number of hydrogen-bond donors (Lipinski definition) is 2. The van der Waals surface area contributed by atoms with Crippen LogP contribution in [-0.4, -0.2) is 18.6 Å². The van der Waals surface area contributed by atoms with Crippen LogP contribution in [0.3, 0.4) is 0 Å². The minimum absolute atomic E-state index is 0.122. The largest absolute Gasteiger partial charge is 0.491 e. The van der Waals surface area contributed by atoms with E-state index in [1.54, 1.807) is 18.2 Å². The van der Waals surface area contributed by atoms with Gasteiger partial charge in [-0.15, -0.1) is 0 Å². The van der Waals surface area contributed by atoms with Gasteiger partial charge < -0.3 is 15.4 Å². The zero-order chi connectivity index (χ0) is 17.5. The third-order valence-corrected chi connectivity index (χ3v) is 3.78. The van der Waals surface area contributed by atoms with Gasteiger partial charge in [-0.05, 0) is 43.7 Å². The van der Waals surface area contributed by atoms with Gasteiger partial charge in [0.25, 0.3) is 0 Å². The summed E-state index contributed by atoms with van der Waals surface area (Å²) in [5.74, 6) is 0.581. The molecule has 2 rings (SSSR count). The van der Waals surface area contributed by atoms with Crippen molar-refractivity contribution in [2.24, 2.45) is 0 Å². The van der Waals surface area contributed by atoms with E-state index >= 15 is 0 Å². The average molecular weight is 367 g/mol. The van der Waals surface area contributed by atoms with Gasteiger partial charge in [-0.1, -0.05) is 36.2 Å². The Hall–Kier alpha value is -1.91. The minimum Gasteiger partial charge on any atom is -0.491 e. The molecule has 24 heavy (non-hydrogen) atoms. The first-order valence-corrected chi connectivity index (χ1v) is 8.48. The Morgan fingerprint density at radius 1 is 1.12 bits per heavy atom. The van der Waals surface area contributed by atoms with Gasteiger partial charge in [-0.3, -0.25) is 4.79 Å². The summed E-state index contributed by atoms with van der Waals surface area (Å²) in [4.78, 5) is 12.0. The second kappa shape index (κ2) is 8.81. The summed E-state index contributed by atoms with van der Waals surface area (Å²) < 4.78 is 5.76. The maximum Gasteiger partial charge on any atom is 0.243 e. The highest BCUT2D eigenvalue weighted by molar-refractivity contribution is 6.35. The highest BCUT2D eigenvalue weighted by atomic mass is 35.5. The normalized spacial score (nSPS) is 11.7. The van der Waals surface area contributed by atoms with Gasteiger partial charge in [0.15, 0.2) is 0 Å². The van der Waals surface area contributed by atoms with Crippen molar-refractivity contribution in [3.63, 3.8) is 0 Å². The van der Waals surface area contributed by atoms with Gasteiger partial charge in [0, 0.05) is 27.5 Å². The number of anilines is 2. The van der Waals surface area contributed by atoms with E-state index in [0.717, 1.165) is 17.9 Å². The molecule has 0 aromatic heterocycles. The Morgan fingerprint density at radius 3 is 2.50 bits per heavy atom. The zero-order valence-corrected chi connectivity index (χ0v) is 15.1. The summed E-state index contributed by atoms with van der Waals surface area (Å²) in [5, 5.41) is 6.76. The Labute approximate surface area is 152 Å². The minimum atomic E-state index is -0.193. The number of carbonyl (C=O) groups is 1. The molecule has 0 fully saturated rings. The van der Waals surface area contributed by atoms with Crippen molar-refractivity contribution < 1.29 is 9.53 Å². The third kappa shape index (κ3) is 5.95. The molecule has 6 heteroatoms. The smallest absolute Gasteiger partial charge is 0.243 e. The van der Waals surface area contributed by atoms with Crippen molar-refractivity contribution >= 4 is 40.5 Å². The third-order valence-electron chi connectivity index (χ3n) is 3.35. The molecule has 0 aliphatic rings. The van der Waals surface area contributed by atoms with Crippen LogP contribution in [-0.2, 0) is 4.79 Å². The van der Waals surface area contributed by atoms with Crippen molar-refractivity contribution in [3.05, 3.63) is 52.5 Å². The van der Waals surface area contributed by atoms with Crippen LogP contribution in [0.2, 0.25) is 10.0 Å². The molecule has 0 heterocycles. The highest BCUT2D eigenvalue weighted by Gasteiger charge is 2.06. The lowest BCUT2D eigenvalue weighted by molar-refractivity contribution is -0.114. The summed E-state index contributed by atoms with van der Waals surface area (Å²) >= 11 is 11.8. The van der Waals surface area contributed by atoms with Gasteiger partial charge in [0.2, 0.25) is 5.91 Å². The fourth-order valence-corrected chi connectivity index (χ4v) is 2.53. The molecule has 2 aromatic carbocycles. The second-order valence-electron chi connectivity index (χ2n) is 5.42. The predicted molar refractivity (Wildman–Crippen MR) is 100 cm³/mol. The van der Waals surface area contributed by atoms with Gasteiger partial charge in [-0.2, -0.15) is 0 Å². The molecule has 0 aliphatic heterocycles. The first-order chi connectivity index (χ1) is 11.5. The number of ether oxygens (including phenoxy) is 1. The van der Waals surface area contributed by atoms with E-state index in [2.05, 4.69) is 17.6 Å². The summed E-state index contributed by atoms with van der Waals surface area (Å²) in [6, 6.07) is 12.4. The fraction of sp³-hybridized carbons (Fsp3) is 0.278. The number of amides is 1. The number of nitrogens with one attached hydrogen (secondary N) is 2. The quantitative estimate of drug-likeness (QED) is 0.705. The molecule has 0 radical (unpaired) electrons. The maximum absolute atomic E-state index is 12.0. The monoisotopic (exact) mass is 366 g/mol. The molecule has 4 nitrogen and oxygen atoms in total. The van der Waals surface area contributed by atoms with Crippen LogP contribution in [0.4, 0.5) is 11.4 Å². The van der Waals surface area contributed by atoms with Crippen molar-refractivity contribution in [2.45, 2.75) is 26.4 Å². The van der Waals surface area contributed by atoms with Crippen molar-refractivity contribution in [3.8, 4) is 5.75 Å². The lowest BCUT2D eigenvalue weighted by atomic mass is 10.2. The van der Waals surface area contributed by atoms with Crippen molar-refractivity contribution in [2.75, 3.05) is 17.2 Å². The van der Waals surface area contributed by atoms with Crippen LogP contribution >= 0.6 is 23.2 Å². The lowest BCUT2D eigenvalue weighted by Crippen LogP contribution is -2.21. The second-order valence-corrected chi connectivity index (χ2v) is 6.30. The molecule has 0 saturated heterocycles. The van der Waals surface area contributed by atoms with Crippen LogP contribution in [0.1, 0.15) is 20.3 Å². The molecule has 2 N–H and O–H groups in total. The fourth-order valence-electron chi connectivity index (χ4n) is 2.01. The van der Waals surface area contributed by atoms with E-state index in [9.17, 15) is 4.79 Å². The first-order valence-electron chi connectivity index (χ1n) is 7.73. The average Bonchev–Trinajstić information content (AvgIpc) is 2.52. The Kier molecular flexibility index (Phi) is 6.76. The van der Waals surface area contributed by atoms with Crippen LogP contribution in [0.15, 0.2) is 42.5 Å². The van der Waals surface area contributed by atoms with E-state index < -0.39 is 0 Å². The highest BCUT2D eigenvalue weighted by Crippen LogP contribution is 2.22. The molecule has 128 valence electrons. The van der Waals surface area contributed by atoms with Gasteiger partial charge in [0.05, 0.1) is 12.6 Å². The number of halogens is 2. The first kappa shape index (κ1) is 18.4. The molecule has 0 aliphatic carbocycles. The SMILES string of the molecule is CCC(C)Oc1cccc(NCC(=O)Nc2cc(Cl)cc(Cl)c2)c1. The summed E-state index contributed by atoms with van der Waals surface area (Å²) in [5.41, 5.74) is 1.38. The summed E-state index contributed by atoms with van der Waals surface area (Å²) in [6.07, 6.45) is 1.08. The lowest BCUT2D eigenvalue weighted by Gasteiger charge is -2.14. The maximum atomic E-state index is 12.0. The molecule has 1 amide bonds. The van der Waals surface area contributed by atoms with Crippen molar-refractivity contribution in [1.82, 2.24) is 0 Å². The summed E-state index contributed by atoms with van der Waals surface area (Å²) in [7, 11) is 0. The van der Waals surface area contributed by atoms with Gasteiger partial charge >= 0.3 is 0 Å². The van der Waals surface area contributed by atoms with Crippen LogP contribution in [0.5, 0.6) is 5.75 Å². The standard InChI is InChI=1S/C18H20Cl2N2O2/c1-3-12(2)24-17-6-4-5-15(10-17)21-11-18(23)22-16-8-13(19)7-14(20)9-16/h4-10,12,21H,3,11H2,1-2H3,(H,22,23). The van der Waals surface area contributed by atoms with E-state index in [1.807, 2.05) is 31.2 Å². The number of carbonyl (C=O) groups excluding carboxylic acids is 1. The molecule has 1 atom stereocenters. The van der Waals surface area contributed by atoms with Crippen LogP contribution in [0, 0.1) is 0 Å². The number of hydrogen-bond acceptors (Lipinski definition) is 3. The number of benzene rings is 2. The predicted octanol–water partition coefficient (Wildman–Crippen LogP) is 5.22. The van der Waals surface area contributed by atoms with E-state index in [1.165, 1.54) is 0 Å². The van der Waals surface area contributed by atoms with E-state index in [0.29, 0.717) is 15.7 Å². The molecule has 0 saturated carbocycles. The molecular formula is C18H20Cl2N2O2. The topological polar surface area (TPSA) is 50.4 Å². The Bertz CT molecular complexity index is 687. The Morgan fingerprint density at radius 2 is 1.83 bits per heavy atom. The molecule has 1 unspecified atom stereocenters. The van der Waals surface area contributed by atoms with Crippen molar-refractivity contribution in [1.29, 1.82) is 0 Å². The molecule has 0 spiro atoms. The van der Waals surface area contributed by atoms with Crippen LogP contribution in [0.25, 0.3) is 0 Å². The molecular weight excluding hydrogens is 347 g/mol. The van der Waals surface area contributed by atoms with Gasteiger partial charge in [-0.25, -0.2) is 0 Å². The molecule has 2 aromatic rings. The Balaban J connectivity index is 1.90.